The van der Waals surface area contributed by atoms with Crippen molar-refractivity contribution in [2.45, 2.75) is 33.8 Å². The SMILES string of the molecule is CC(=O)OCc1cc(F)cc(Br)c1CC=C(C)C. The summed E-state index contributed by atoms with van der Waals surface area (Å²) in [6.45, 7) is 5.44. The van der Waals surface area contributed by atoms with E-state index < -0.39 is 0 Å². The van der Waals surface area contributed by atoms with Crippen LogP contribution in [0.1, 0.15) is 31.9 Å². The Morgan fingerprint density at radius 3 is 2.61 bits per heavy atom. The number of carbonyl (C=O) groups is 1. The third-order valence-electron chi connectivity index (χ3n) is 2.40. The molecule has 98 valence electrons. The third-order valence-corrected chi connectivity index (χ3v) is 3.11. The molecule has 0 heterocycles. The van der Waals surface area contributed by atoms with E-state index in [9.17, 15) is 9.18 Å². The lowest BCUT2D eigenvalue weighted by Crippen LogP contribution is -2.03. The molecule has 0 aliphatic carbocycles. The largest absolute Gasteiger partial charge is 0.461 e. The van der Waals surface area contributed by atoms with Crippen molar-refractivity contribution in [3.05, 3.63) is 45.2 Å². The highest BCUT2D eigenvalue weighted by molar-refractivity contribution is 9.10. The molecule has 0 spiro atoms. The minimum absolute atomic E-state index is 0.0949. The lowest BCUT2D eigenvalue weighted by atomic mass is 10.0. The zero-order valence-corrected chi connectivity index (χ0v) is 12.3. The first-order valence-electron chi connectivity index (χ1n) is 5.63. The summed E-state index contributed by atoms with van der Waals surface area (Å²) < 4.78 is 19.0. The Kier molecular flexibility index (Phi) is 5.54. The van der Waals surface area contributed by atoms with Gasteiger partial charge >= 0.3 is 5.97 Å². The van der Waals surface area contributed by atoms with Crippen molar-refractivity contribution in [2.75, 3.05) is 0 Å². The van der Waals surface area contributed by atoms with Gasteiger partial charge in [0.25, 0.3) is 0 Å². The fourth-order valence-corrected chi connectivity index (χ4v) is 2.13. The van der Waals surface area contributed by atoms with Gasteiger partial charge in [0, 0.05) is 11.4 Å². The number of carbonyl (C=O) groups excluding carboxylic acids is 1. The van der Waals surface area contributed by atoms with Crippen molar-refractivity contribution in [1.82, 2.24) is 0 Å². The number of esters is 1. The Balaban J connectivity index is 3.04. The van der Waals surface area contributed by atoms with Crippen LogP contribution in [0.15, 0.2) is 28.3 Å². The molecule has 1 aromatic rings. The Morgan fingerprint density at radius 2 is 2.06 bits per heavy atom. The Bertz CT molecular complexity index is 477. The molecule has 0 bridgehead atoms. The average Bonchev–Trinajstić information content (AvgIpc) is 2.24. The molecule has 0 atom stereocenters. The lowest BCUT2D eigenvalue weighted by molar-refractivity contribution is -0.142. The molecule has 1 rings (SSSR count). The smallest absolute Gasteiger partial charge is 0.302 e. The number of allylic oxidation sites excluding steroid dienone is 2. The zero-order valence-electron chi connectivity index (χ0n) is 10.7. The molecule has 0 N–H and O–H groups in total. The standard InChI is InChI=1S/C14H16BrFO2/c1-9(2)4-5-13-11(8-18-10(3)17)6-12(16)7-14(13)15/h4,6-7H,5,8H2,1-3H3. The monoisotopic (exact) mass is 314 g/mol. The van der Waals surface area contributed by atoms with Crippen LogP contribution in [0.25, 0.3) is 0 Å². The van der Waals surface area contributed by atoms with E-state index in [0.717, 1.165) is 5.56 Å². The third kappa shape index (κ3) is 4.61. The van der Waals surface area contributed by atoms with E-state index in [1.54, 1.807) is 0 Å². The second-order valence-corrected chi connectivity index (χ2v) is 5.15. The number of hydrogen-bond acceptors (Lipinski definition) is 2. The van der Waals surface area contributed by atoms with Gasteiger partial charge in [0.05, 0.1) is 0 Å². The van der Waals surface area contributed by atoms with Gasteiger partial charge in [0.2, 0.25) is 0 Å². The molecule has 1 aromatic carbocycles. The van der Waals surface area contributed by atoms with Crippen LogP contribution in [0.5, 0.6) is 0 Å². The van der Waals surface area contributed by atoms with E-state index in [0.29, 0.717) is 16.5 Å². The van der Waals surface area contributed by atoms with E-state index in [-0.39, 0.29) is 18.4 Å². The van der Waals surface area contributed by atoms with Crippen LogP contribution in [0.3, 0.4) is 0 Å². The molecule has 18 heavy (non-hydrogen) atoms. The van der Waals surface area contributed by atoms with Crippen LogP contribution in [0.4, 0.5) is 4.39 Å². The first-order chi connectivity index (χ1) is 8.40. The quantitative estimate of drug-likeness (QED) is 0.616. The number of ether oxygens (including phenoxy) is 1. The minimum atomic E-state index is -0.372. The Labute approximate surface area is 115 Å². The molecule has 0 fully saturated rings. The molecule has 0 saturated carbocycles. The van der Waals surface area contributed by atoms with Crippen molar-refractivity contribution in [1.29, 1.82) is 0 Å². The first kappa shape index (κ1) is 14.9. The van der Waals surface area contributed by atoms with Crippen molar-refractivity contribution in [2.24, 2.45) is 0 Å². The highest BCUT2D eigenvalue weighted by atomic mass is 79.9. The molecule has 4 heteroatoms. The summed E-state index contributed by atoms with van der Waals surface area (Å²) in [4.78, 5) is 10.8. The van der Waals surface area contributed by atoms with Crippen LogP contribution < -0.4 is 0 Å². The van der Waals surface area contributed by atoms with E-state index in [1.165, 1.54) is 24.6 Å². The Morgan fingerprint density at radius 1 is 1.39 bits per heavy atom. The highest BCUT2D eigenvalue weighted by Gasteiger charge is 2.10. The van der Waals surface area contributed by atoms with Gasteiger partial charge in [0.15, 0.2) is 0 Å². The van der Waals surface area contributed by atoms with Gasteiger partial charge in [-0.05, 0) is 43.5 Å². The maximum absolute atomic E-state index is 13.3. The number of halogens is 2. The molecule has 0 aromatic heterocycles. The van der Waals surface area contributed by atoms with E-state index in [1.807, 2.05) is 13.8 Å². The zero-order chi connectivity index (χ0) is 13.7. The van der Waals surface area contributed by atoms with Crippen LogP contribution in [0, 0.1) is 5.82 Å². The lowest BCUT2D eigenvalue weighted by Gasteiger charge is -2.11. The van der Waals surface area contributed by atoms with Crippen molar-refractivity contribution in [3.63, 3.8) is 0 Å². The van der Waals surface area contributed by atoms with Crippen LogP contribution in [0.2, 0.25) is 0 Å². The molecule has 0 aliphatic heterocycles. The summed E-state index contributed by atoms with van der Waals surface area (Å²) in [5.74, 6) is -0.714. The van der Waals surface area contributed by atoms with E-state index in [2.05, 4.69) is 22.0 Å². The summed E-state index contributed by atoms with van der Waals surface area (Å²) >= 11 is 3.35. The Hall–Kier alpha value is -1.16. The highest BCUT2D eigenvalue weighted by Crippen LogP contribution is 2.24. The van der Waals surface area contributed by atoms with Crippen LogP contribution >= 0.6 is 15.9 Å². The number of benzene rings is 1. The number of hydrogen-bond donors (Lipinski definition) is 0. The summed E-state index contributed by atoms with van der Waals surface area (Å²) in [6, 6.07) is 2.83. The maximum Gasteiger partial charge on any atom is 0.302 e. The summed E-state index contributed by atoms with van der Waals surface area (Å²) in [6.07, 6.45) is 2.73. The molecule has 2 nitrogen and oxygen atoms in total. The fraction of sp³-hybridized carbons (Fsp3) is 0.357. The van der Waals surface area contributed by atoms with Crippen LogP contribution in [-0.4, -0.2) is 5.97 Å². The van der Waals surface area contributed by atoms with E-state index >= 15 is 0 Å². The van der Waals surface area contributed by atoms with Gasteiger partial charge in [-0.2, -0.15) is 0 Å². The predicted molar refractivity (Wildman–Crippen MR) is 72.7 cm³/mol. The number of rotatable bonds is 4. The molecular weight excluding hydrogens is 299 g/mol. The molecule has 0 unspecified atom stereocenters. The fourth-order valence-electron chi connectivity index (χ4n) is 1.50. The van der Waals surface area contributed by atoms with Gasteiger partial charge in [-0.3, -0.25) is 4.79 Å². The maximum atomic E-state index is 13.3. The van der Waals surface area contributed by atoms with Crippen molar-refractivity contribution < 1.29 is 13.9 Å². The molecule has 0 amide bonds. The normalized spacial score (nSPS) is 10.1. The van der Waals surface area contributed by atoms with Crippen molar-refractivity contribution >= 4 is 21.9 Å². The second-order valence-electron chi connectivity index (χ2n) is 4.29. The van der Waals surface area contributed by atoms with Gasteiger partial charge < -0.3 is 4.74 Å². The van der Waals surface area contributed by atoms with Gasteiger partial charge in [-0.25, -0.2) is 4.39 Å². The van der Waals surface area contributed by atoms with E-state index in [4.69, 9.17) is 4.74 Å². The summed E-state index contributed by atoms with van der Waals surface area (Å²) in [7, 11) is 0. The minimum Gasteiger partial charge on any atom is -0.461 e. The summed E-state index contributed by atoms with van der Waals surface area (Å²) in [5.41, 5.74) is 2.82. The van der Waals surface area contributed by atoms with Gasteiger partial charge in [0.1, 0.15) is 12.4 Å². The summed E-state index contributed by atoms with van der Waals surface area (Å²) in [5, 5.41) is 0. The second kappa shape index (κ2) is 6.69. The molecule has 0 saturated heterocycles. The van der Waals surface area contributed by atoms with Gasteiger partial charge in [-0.15, -0.1) is 0 Å². The topological polar surface area (TPSA) is 26.3 Å². The average molecular weight is 315 g/mol. The van der Waals surface area contributed by atoms with Crippen molar-refractivity contribution in [3.8, 4) is 0 Å². The molecular formula is C14H16BrFO2. The van der Waals surface area contributed by atoms with Crippen LogP contribution in [-0.2, 0) is 22.6 Å². The first-order valence-corrected chi connectivity index (χ1v) is 6.43. The molecule has 0 aliphatic rings. The van der Waals surface area contributed by atoms with Gasteiger partial charge in [-0.1, -0.05) is 27.6 Å². The predicted octanol–water partition coefficient (Wildman–Crippen LogP) is 4.16. The molecule has 0 radical (unpaired) electrons.